The third kappa shape index (κ3) is 5.39. The minimum absolute atomic E-state index is 0.264. The summed E-state index contributed by atoms with van der Waals surface area (Å²) in [4.78, 5) is 24.4. The van der Waals surface area contributed by atoms with Gasteiger partial charge in [-0.1, -0.05) is 18.2 Å². The number of carbonyl (C=O) groups is 1. The molecule has 0 saturated carbocycles. The second-order valence-corrected chi connectivity index (χ2v) is 7.83. The summed E-state index contributed by atoms with van der Waals surface area (Å²) in [5.41, 5.74) is 2.42. The number of nitrogens with zero attached hydrogens (tertiary/aromatic N) is 4. The molecular formula is C24H26FN5O2. The average molecular weight is 436 g/mol. The second-order valence-electron chi connectivity index (χ2n) is 7.83. The van der Waals surface area contributed by atoms with E-state index in [-0.39, 0.29) is 11.9 Å². The zero-order valence-corrected chi connectivity index (χ0v) is 17.7. The van der Waals surface area contributed by atoms with Crippen molar-refractivity contribution < 1.29 is 14.3 Å². The SMILES string of the molecule is O=CN(Cc1cccnc1)c1ccc(N2CC[C@@H](O)C2)nc1NCCc1cccc(F)c1. The Morgan fingerprint density at radius 3 is 2.81 bits per heavy atom. The smallest absolute Gasteiger partial charge is 0.214 e. The van der Waals surface area contributed by atoms with Gasteiger partial charge in [0.05, 0.1) is 18.3 Å². The first-order valence-electron chi connectivity index (χ1n) is 10.7. The Bertz CT molecular complexity index is 1050. The third-order valence-electron chi connectivity index (χ3n) is 5.45. The number of hydrogen-bond acceptors (Lipinski definition) is 6. The normalized spacial score (nSPS) is 15.6. The highest BCUT2D eigenvalue weighted by atomic mass is 19.1. The zero-order chi connectivity index (χ0) is 22.3. The minimum atomic E-state index is -0.363. The molecule has 0 unspecified atom stereocenters. The van der Waals surface area contributed by atoms with E-state index in [1.807, 2.05) is 35.2 Å². The Kier molecular flexibility index (Phi) is 6.91. The predicted molar refractivity (Wildman–Crippen MR) is 122 cm³/mol. The topological polar surface area (TPSA) is 81.6 Å². The first kappa shape index (κ1) is 21.7. The van der Waals surface area contributed by atoms with E-state index in [0.29, 0.717) is 44.0 Å². The molecule has 32 heavy (non-hydrogen) atoms. The van der Waals surface area contributed by atoms with Gasteiger partial charge in [-0.05, 0) is 54.3 Å². The van der Waals surface area contributed by atoms with Crippen molar-refractivity contribution >= 4 is 23.7 Å². The Morgan fingerprint density at radius 1 is 1.22 bits per heavy atom. The van der Waals surface area contributed by atoms with Crippen LogP contribution in [-0.2, 0) is 17.8 Å². The maximum Gasteiger partial charge on any atom is 0.214 e. The van der Waals surface area contributed by atoms with Gasteiger partial charge in [0.15, 0.2) is 5.82 Å². The van der Waals surface area contributed by atoms with Gasteiger partial charge >= 0.3 is 0 Å². The van der Waals surface area contributed by atoms with Crippen LogP contribution in [0, 0.1) is 5.82 Å². The zero-order valence-electron chi connectivity index (χ0n) is 17.7. The van der Waals surface area contributed by atoms with Crippen LogP contribution >= 0.6 is 0 Å². The Balaban J connectivity index is 1.56. The van der Waals surface area contributed by atoms with E-state index in [0.717, 1.165) is 29.9 Å². The molecule has 1 amide bonds. The number of anilines is 3. The maximum atomic E-state index is 13.5. The summed E-state index contributed by atoms with van der Waals surface area (Å²) in [5, 5.41) is 13.2. The number of amides is 1. The van der Waals surface area contributed by atoms with Crippen LogP contribution < -0.4 is 15.1 Å². The van der Waals surface area contributed by atoms with E-state index in [1.54, 1.807) is 23.4 Å². The van der Waals surface area contributed by atoms with Crippen molar-refractivity contribution in [3.05, 3.63) is 77.9 Å². The molecule has 1 fully saturated rings. The monoisotopic (exact) mass is 435 g/mol. The highest BCUT2D eigenvalue weighted by Gasteiger charge is 2.23. The minimum Gasteiger partial charge on any atom is -0.391 e. The van der Waals surface area contributed by atoms with Crippen molar-refractivity contribution in [3.63, 3.8) is 0 Å². The molecule has 2 aromatic heterocycles. The molecule has 2 N–H and O–H groups in total. The van der Waals surface area contributed by atoms with Crippen molar-refractivity contribution in [2.45, 2.75) is 25.5 Å². The number of nitrogens with one attached hydrogen (secondary N) is 1. The van der Waals surface area contributed by atoms with E-state index in [2.05, 4.69) is 10.3 Å². The van der Waals surface area contributed by atoms with Crippen molar-refractivity contribution in [2.24, 2.45) is 0 Å². The molecule has 0 bridgehead atoms. The van der Waals surface area contributed by atoms with Crippen molar-refractivity contribution in [1.29, 1.82) is 0 Å². The first-order chi connectivity index (χ1) is 15.6. The van der Waals surface area contributed by atoms with Gasteiger partial charge in [-0.2, -0.15) is 0 Å². The van der Waals surface area contributed by atoms with Crippen LogP contribution in [0.25, 0.3) is 0 Å². The molecular weight excluding hydrogens is 409 g/mol. The summed E-state index contributed by atoms with van der Waals surface area (Å²) in [7, 11) is 0. The molecule has 4 rings (SSSR count). The first-order valence-corrected chi connectivity index (χ1v) is 10.7. The van der Waals surface area contributed by atoms with Crippen LogP contribution in [0.4, 0.5) is 21.7 Å². The number of β-amino-alcohol motifs (C(OH)–C–C–N with tert-alkyl or cyclic N) is 1. The van der Waals surface area contributed by atoms with Crippen LogP contribution in [0.2, 0.25) is 0 Å². The van der Waals surface area contributed by atoms with Crippen LogP contribution in [0.15, 0.2) is 60.9 Å². The molecule has 0 radical (unpaired) electrons. The molecule has 7 nitrogen and oxygen atoms in total. The van der Waals surface area contributed by atoms with E-state index in [9.17, 15) is 14.3 Å². The molecule has 1 saturated heterocycles. The molecule has 3 aromatic rings. The number of benzene rings is 1. The van der Waals surface area contributed by atoms with Gasteiger partial charge in [0.2, 0.25) is 6.41 Å². The summed E-state index contributed by atoms with van der Waals surface area (Å²) in [6.07, 6.45) is 5.14. The highest BCUT2D eigenvalue weighted by molar-refractivity contribution is 5.82. The van der Waals surface area contributed by atoms with Gasteiger partial charge in [-0.15, -0.1) is 0 Å². The number of aliphatic hydroxyl groups excluding tert-OH is 1. The fourth-order valence-electron chi connectivity index (χ4n) is 3.81. The van der Waals surface area contributed by atoms with Gasteiger partial charge in [0.1, 0.15) is 11.6 Å². The molecule has 0 spiro atoms. The number of aliphatic hydroxyl groups is 1. The summed E-state index contributed by atoms with van der Waals surface area (Å²) < 4.78 is 13.5. The predicted octanol–water partition coefficient (Wildman–Crippen LogP) is 3.00. The van der Waals surface area contributed by atoms with E-state index < -0.39 is 0 Å². The van der Waals surface area contributed by atoms with Crippen LogP contribution in [0.5, 0.6) is 0 Å². The fourth-order valence-corrected chi connectivity index (χ4v) is 3.81. The summed E-state index contributed by atoms with van der Waals surface area (Å²) in [5.74, 6) is 1.04. The fraction of sp³-hybridized carbons (Fsp3) is 0.292. The Hall–Kier alpha value is -3.52. The largest absolute Gasteiger partial charge is 0.391 e. The molecule has 3 heterocycles. The molecule has 1 aliphatic heterocycles. The van der Waals surface area contributed by atoms with Crippen LogP contribution in [-0.4, -0.2) is 47.2 Å². The lowest BCUT2D eigenvalue weighted by Crippen LogP contribution is -2.25. The average Bonchev–Trinajstić information content (AvgIpc) is 3.25. The van der Waals surface area contributed by atoms with Gasteiger partial charge in [-0.3, -0.25) is 9.78 Å². The molecule has 1 aromatic carbocycles. The lowest BCUT2D eigenvalue weighted by molar-refractivity contribution is -0.107. The second kappa shape index (κ2) is 10.2. The summed E-state index contributed by atoms with van der Waals surface area (Å²) in [6.45, 7) is 2.14. The number of hydrogen-bond donors (Lipinski definition) is 2. The van der Waals surface area contributed by atoms with E-state index in [4.69, 9.17) is 4.98 Å². The Labute approximate surface area is 186 Å². The molecule has 0 aliphatic carbocycles. The van der Waals surface area contributed by atoms with Crippen LogP contribution in [0.3, 0.4) is 0 Å². The number of halogens is 1. The number of pyridine rings is 2. The van der Waals surface area contributed by atoms with Gasteiger partial charge in [0, 0.05) is 32.0 Å². The van der Waals surface area contributed by atoms with Gasteiger partial charge < -0.3 is 20.2 Å². The molecule has 166 valence electrons. The molecule has 8 heteroatoms. The van der Waals surface area contributed by atoms with E-state index in [1.165, 1.54) is 12.1 Å². The standard InChI is InChI=1S/C24H26FN5O2/c25-20-5-1-3-18(13-20)8-11-27-24-22(30(17-31)15-19-4-2-10-26-14-19)6-7-23(28-24)29-12-9-21(32)16-29/h1-7,10,13-14,17,21,32H,8-9,11-12,15-16H2,(H,27,28)/t21-/m1/s1. The lowest BCUT2D eigenvalue weighted by Gasteiger charge is -2.24. The lowest BCUT2D eigenvalue weighted by atomic mass is 10.1. The quantitative estimate of drug-likeness (QED) is 0.503. The number of carbonyl (C=O) groups excluding carboxylic acids is 1. The number of rotatable bonds is 9. The van der Waals surface area contributed by atoms with Crippen molar-refractivity contribution in [2.75, 3.05) is 34.8 Å². The van der Waals surface area contributed by atoms with E-state index >= 15 is 0 Å². The van der Waals surface area contributed by atoms with Crippen LogP contribution in [0.1, 0.15) is 17.5 Å². The molecule has 1 atom stereocenters. The Morgan fingerprint density at radius 2 is 2.09 bits per heavy atom. The maximum absolute atomic E-state index is 13.5. The molecule has 1 aliphatic rings. The third-order valence-corrected chi connectivity index (χ3v) is 5.45. The summed E-state index contributed by atoms with van der Waals surface area (Å²) >= 11 is 0. The van der Waals surface area contributed by atoms with Crippen molar-refractivity contribution in [1.82, 2.24) is 9.97 Å². The van der Waals surface area contributed by atoms with Gasteiger partial charge in [-0.25, -0.2) is 9.37 Å². The number of aromatic nitrogens is 2. The summed E-state index contributed by atoms with van der Waals surface area (Å²) in [6, 6.07) is 14.0. The van der Waals surface area contributed by atoms with Gasteiger partial charge in [0.25, 0.3) is 0 Å². The van der Waals surface area contributed by atoms with Crippen molar-refractivity contribution in [3.8, 4) is 0 Å². The highest BCUT2D eigenvalue weighted by Crippen LogP contribution is 2.29.